The number of amides is 1. The fraction of sp³-hybridized carbons (Fsp3) is 0.308. The molecule has 1 amide bonds. The lowest BCUT2D eigenvalue weighted by Gasteiger charge is -2.22. The van der Waals surface area contributed by atoms with Gasteiger partial charge in [-0.25, -0.2) is 9.97 Å². The summed E-state index contributed by atoms with van der Waals surface area (Å²) < 4.78 is 43.0. The normalized spacial score (nSPS) is 11.5. The molecule has 2 heterocycles. The topological polar surface area (TPSA) is 111 Å². The number of nitrogens with two attached hydrogens (primary N) is 2. The van der Waals surface area contributed by atoms with Gasteiger partial charge in [0.25, 0.3) is 0 Å². The van der Waals surface area contributed by atoms with Crippen molar-refractivity contribution in [3.05, 3.63) is 30.2 Å². The van der Waals surface area contributed by atoms with Gasteiger partial charge in [0, 0.05) is 6.07 Å². The van der Waals surface area contributed by atoms with Crippen LogP contribution in [0.25, 0.3) is 0 Å². The maximum atomic E-state index is 12.7. The van der Waals surface area contributed by atoms with E-state index in [2.05, 4.69) is 9.97 Å². The van der Waals surface area contributed by atoms with Crippen molar-refractivity contribution < 1.29 is 22.4 Å². The Hall–Kier alpha value is -2.43. The lowest BCUT2D eigenvalue weighted by atomic mass is 10.3. The zero-order chi connectivity index (χ0) is 17.7. The van der Waals surface area contributed by atoms with E-state index >= 15 is 0 Å². The third-order valence-corrected chi connectivity index (χ3v) is 3.55. The summed E-state index contributed by atoms with van der Waals surface area (Å²) in [6, 6.07) is 4.36. The molecule has 0 atom stereocenters. The Morgan fingerprint density at radius 2 is 1.96 bits per heavy atom. The van der Waals surface area contributed by atoms with Crippen LogP contribution in [-0.4, -0.2) is 39.2 Å². The molecule has 0 radical (unpaired) electrons. The Balaban J connectivity index is 2.03. The number of rotatable bonds is 6. The highest BCUT2D eigenvalue weighted by atomic mass is 32.2. The van der Waals surface area contributed by atoms with E-state index in [1.54, 1.807) is 0 Å². The highest BCUT2D eigenvalue weighted by Crippen LogP contribution is 2.21. The summed E-state index contributed by atoms with van der Waals surface area (Å²) in [5, 5.41) is 0.116. The lowest BCUT2D eigenvalue weighted by molar-refractivity contribution is -0.161. The van der Waals surface area contributed by atoms with Gasteiger partial charge in [0.1, 0.15) is 23.9 Å². The molecule has 0 aliphatic rings. The fourth-order valence-corrected chi connectivity index (χ4v) is 2.56. The summed E-state index contributed by atoms with van der Waals surface area (Å²) in [6.45, 7) is -1.67. The minimum atomic E-state index is -4.52. The summed E-state index contributed by atoms with van der Waals surface area (Å²) in [7, 11) is 0. The van der Waals surface area contributed by atoms with E-state index in [4.69, 9.17) is 15.9 Å². The maximum Gasteiger partial charge on any atom is 0.406 e. The van der Waals surface area contributed by atoms with E-state index in [-0.39, 0.29) is 34.9 Å². The van der Waals surface area contributed by atoms with Crippen LogP contribution >= 0.6 is 11.8 Å². The second kappa shape index (κ2) is 7.43. The van der Waals surface area contributed by atoms with Gasteiger partial charge in [0.2, 0.25) is 5.91 Å². The molecule has 2 aromatic heterocycles. The van der Waals surface area contributed by atoms with Crippen molar-refractivity contribution in [3.63, 3.8) is 0 Å². The van der Waals surface area contributed by atoms with E-state index in [9.17, 15) is 18.0 Å². The molecule has 0 aliphatic heterocycles. The number of aromatic nitrogens is 2. The van der Waals surface area contributed by atoms with Crippen molar-refractivity contribution in [2.75, 3.05) is 23.8 Å². The first-order chi connectivity index (χ1) is 11.2. The van der Waals surface area contributed by atoms with Crippen molar-refractivity contribution in [3.8, 4) is 0 Å². The zero-order valence-corrected chi connectivity index (χ0v) is 13.1. The molecule has 4 N–H and O–H groups in total. The predicted octanol–water partition coefficient (Wildman–Crippen LogP) is 1.92. The van der Waals surface area contributed by atoms with E-state index in [0.29, 0.717) is 4.90 Å². The quantitative estimate of drug-likeness (QED) is 0.597. The SMILES string of the molecule is Nc1cc(N)nc(SCC(=O)N(Cc2ccco2)CC(F)(F)F)n1. The van der Waals surface area contributed by atoms with E-state index in [1.807, 2.05) is 0 Å². The number of carbonyl (C=O) groups excluding carboxylic acids is 1. The summed E-state index contributed by atoms with van der Waals surface area (Å²) in [5.74, 6) is -0.555. The Morgan fingerprint density at radius 1 is 1.29 bits per heavy atom. The molecule has 0 saturated carbocycles. The molecule has 11 heteroatoms. The Kier molecular flexibility index (Phi) is 5.54. The van der Waals surface area contributed by atoms with Crippen molar-refractivity contribution in [1.29, 1.82) is 0 Å². The van der Waals surface area contributed by atoms with Gasteiger partial charge in [-0.1, -0.05) is 11.8 Å². The highest BCUT2D eigenvalue weighted by molar-refractivity contribution is 7.99. The first-order valence-electron chi connectivity index (χ1n) is 6.62. The molecule has 0 fully saturated rings. The number of halogens is 3. The smallest absolute Gasteiger partial charge is 0.406 e. The van der Waals surface area contributed by atoms with Crippen molar-refractivity contribution >= 4 is 29.3 Å². The Labute approximate surface area is 139 Å². The van der Waals surface area contributed by atoms with Gasteiger partial charge in [-0.3, -0.25) is 4.79 Å². The summed E-state index contributed by atoms with van der Waals surface area (Å²) in [6.07, 6.45) is -3.20. The van der Waals surface area contributed by atoms with Crippen LogP contribution in [-0.2, 0) is 11.3 Å². The van der Waals surface area contributed by atoms with Gasteiger partial charge in [0.05, 0.1) is 18.6 Å². The largest absolute Gasteiger partial charge is 0.467 e. The van der Waals surface area contributed by atoms with Crippen LogP contribution < -0.4 is 11.5 Å². The highest BCUT2D eigenvalue weighted by Gasteiger charge is 2.33. The Bertz CT molecular complexity index is 673. The van der Waals surface area contributed by atoms with E-state index in [1.165, 1.54) is 24.5 Å². The molecule has 0 spiro atoms. The van der Waals surface area contributed by atoms with Gasteiger partial charge in [0.15, 0.2) is 5.16 Å². The molecule has 0 unspecified atom stereocenters. The molecular weight excluding hydrogens is 347 g/mol. The number of hydrogen-bond donors (Lipinski definition) is 2. The first-order valence-corrected chi connectivity index (χ1v) is 7.61. The Morgan fingerprint density at radius 3 is 2.50 bits per heavy atom. The number of anilines is 2. The minimum absolute atomic E-state index is 0.111. The van der Waals surface area contributed by atoms with Crippen LogP contribution in [0.5, 0.6) is 0 Å². The average Bonchev–Trinajstić information content (AvgIpc) is 2.94. The second-order valence-electron chi connectivity index (χ2n) is 4.73. The molecule has 7 nitrogen and oxygen atoms in total. The second-order valence-corrected chi connectivity index (χ2v) is 5.68. The van der Waals surface area contributed by atoms with Crippen LogP contribution in [0.1, 0.15) is 5.76 Å². The average molecular weight is 361 g/mol. The van der Waals surface area contributed by atoms with Gasteiger partial charge >= 0.3 is 6.18 Å². The summed E-state index contributed by atoms with van der Waals surface area (Å²) >= 11 is 0.852. The molecule has 130 valence electrons. The number of alkyl halides is 3. The maximum absolute atomic E-state index is 12.7. The molecule has 2 aromatic rings. The number of furan rings is 1. The number of hydrogen-bond acceptors (Lipinski definition) is 7. The van der Waals surface area contributed by atoms with E-state index < -0.39 is 18.6 Å². The summed E-state index contributed by atoms with van der Waals surface area (Å²) in [4.78, 5) is 20.5. The van der Waals surface area contributed by atoms with Crippen LogP contribution in [0.3, 0.4) is 0 Å². The molecule has 0 aliphatic carbocycles. The van der Waals surface area contributed by atoms with Crippen LogP contribution in [0.4, 0.5) is 24.8 Å². The molecule has 0 aromatic carbocycles. The van der Waals surface area contributed by atoms with Gasteiger partial charge in [-0.15, -0.1) is 0 Å². The molecular formula is C13H14F3N5O2S. The first kappa shape index (κ1) is 17.9. The zero-order valence-electron chi connectivity index (χ0n) is 12.3. The summed E-state index contributed by atoms with van der Waals surface area (Å²) in [5.41, 5.74) is 11.0. The van der Waals surface area contributed by atoms with Crippen LogP contribution in [0.2, 0.25) is 0 Å². The van der Waals surface area contributed by atoms with Crippen molar-refractivity contribution in [1.82, 2.24) is 14.9 Å². The predicted molar refractivity (Wildman–Crippen MR) is 81.8 cm³/mol. The van der Waals surface area contributed by atoms with Crippen LogP contribution in [0, 0.1) is 0 Å². The number of nitrogens with zero attached hydrogens (tertiary/aromatic N) is 3. The number of nitrogen functional groups attached to an aromatic ring is 2. The minimum Gasteiger partial charge on any atom is -0.467 e. The molecule has 2 rings (SSSR count). The molecule has 24 heavy (non-hydrogen) atoms. The molecule has 0 bridgehead atoms. The number of thioether (sulfide) groups is 1. The third-order valence-electron chi connectivity index (χ3n) is 2.72. The third kappa shape index (κ3) is 5.65. The van der Waals surface area contributed by atoms with Crippen molar-refractivity contribution in [2.45, 2.75) is 17.9 Å². The lowest BCUT2D eigenvalue weighted by Crippen LogP contribution is -2.39. The van der Waals surface area contributed by atoms with Crippen molar-refractivity contribution in [2.24, 2.45) is 0 Å². The monoisotopic (exact) mass is 361 g/mol. The number of carbonyl (C=O) groups is 1. The van der Waals surface area contributed by atoms with Gasteiger partial charge in [-0.05, 0) is 12.1 Å². The van der Waals surface area contributed by atoms with Gasteiger partial charge < -0.3 is 20.8 Å². The molecule has 0 saturated heterocycles. The van der Waals surface area contributed by atoms with Gasteiger partial charge in [-0.2, -0.15) is 13.2 Å². The standard InChI is InChI=1S/C13H14F3N5O2S/c14-13(15,16)7-21(5-8-2-1-3-23-8)11(22)6-24-12-19-9(17)4-10(18)20-12/h1-4H,5-7H2,(H4,17,18,19,20). The van der Waals surface area contributed by atoms with Crippen LogP contribution in [0.15, 0.2) is 34.0 Å². The van der Waals surface area contributed by atoms with E-state index in [0.717, 1.165) is 11.8 Å². The fourth-order valence-electron chi connectivity index (χ4n) is 1.78.